The Kier molecular flexibility index (Phi) is 5.18. The molecule has 0 aliphatic heterocycles. The van der Waals surface area contributed by atoms with Crippen LogP contribution in [0.2, 0.25) is 0 Å². The first-order valence-corrected chi connectivity index (χ1v) is 12.2. The van der Waals surface area contributed by atoms with Crippen molar-refractivity contribution in [3.8, 4) is 22.6 Å². The van der Waals surface area contributed by atoms with E-state index < -0.39 is 23.0 Å². The second-order valence-electron chi connectivity index (χ2n) is 10.3. The first-order chi connectivity index (χ1) is 17.7. The molecule has 2 atom stereocenters. The molecule has 3 aromatic heterocycles. The van der Waals surface area contributed by atoms with Crippen molar-refractivity contribution >= 4 is 5.91 Å². The number of hydrogen-bond donors (Lipinski definition) is 1. The summed E-state index contributed by atoms with van der Waals surface area (Å²) in [6.07, 6.45) is 7.10. The number of carbonyl (C=O) groups is 1. The van der Waals surface area contributed by atoms with Gasteiger partial charge in [0, 0.05) is 25.4 Å². The highest BCUT2D eigenvalue weighted by Crippen LogP contribution is 2.69. The van der Waals surface area contributed by atoms with Crippen LogP contribution in [0, 0.1) is 17.0 Å². The Morgan fingerprint density at radius 1 is 1.19 bits per heavy atom. The van der Waals surface area contributed by atoms with Crippen LogP contribution in [0.1, 0.15) is 56.0 Å². The molecule has 0 unspecified atom stereocenters. The number of carbonyl (C=O) groups excluding carboxylic acids is 1. The summed E-state index contributed by atoms with van der Waals surface area (Å²) in [5.74, 6) is -1.06. The fraction of sp³-hybridized carbons (Fsp3) is 0.333. The minimum atomic E-state index is -0.664. The molecule has 1 amide bonds. The summed E-state index contributed by atoms with van der Waals surface area (Å²) in [7, 11) is 0. The molecule has 2 N–H and O–H groups in total. The zero-order chi connectivity index (χ0) is 25.9. The Balaban J connectivity index is 1.43. The lowest BCUT2D eigenvalue weighted by atomic mass is 9.66. The zero-order valence-electron chi connectivity index (χ0n) is 20.4. The molecule has 37 heavy (non-hydrogen) atoms. The molecule has 6 rings (SSSR count). The number of nitrogens with zero attached hydrogens (tertiary/aromatic N) is 6. The van der Waals surface area contributed by atoms with Crippen LogP contribution in [0.25, 0.3) is 22.6 Å². The maximum Gasteiger partial charge on any atom is 0.219 e. The largest absolute Gasteiger partial charge is 0.370 e. The Labute approximate surface area is 212 Å². The van der Waals surface area contributed by atoms with Crippen molar-refractivity contribution < 1.29 is 13.6 Å². The van der Waals surface area contributed by atoms with Crippen molar-refractivity contribution in [2.45, 2.75) is 51.0 Å². The summed E-state index contributed by atoms with van der Waals surface area (Å²) in [4.78, 5) is 20.6. The van der Waals surface area contributed by atoms with E-state index in [-0.39, 0.29) is 29.0 Å². The normalized spacial score (nSPS) is 21.2. The molecule has 2 aliphatic carbocycles. The minimum absolute atomic E-state index is 0.140. The van der Waals surface area contributed by atoms with E-state index in [4.69, 9.17) is 10.7 Å². The summed E-state index contributed by atoms with van der Waals surface area (Å²) in [5.41, 5.74) is 7.82. The summed E-state index contributed by atoms with van der Waals surface area (Å²) in [6.45, 7) is 4.76. The fourth-order valence-corrected chi connectivity index (χ4v) is 6.32. The number of aryl methyl sites for hydroxylation is 1. The highest BCUT2D eigenvalue weighted by atomic mass is 19.1. The molecule has 0 radical (unpaired) electrons. The first-order valence-electron chi connectivity index (χ1n) is 12.2. The van der Waals surface area contributed by atoms with E-state index in [2.05, 4.69) is 34.1 Å². The summed E-state index contributed by atoms with van der Waals surface area (Å²) >= 11 is 0. The number of aromatic nitrogens is 6. The van der Waals surface area contributed by atoms with Gasteiger partial charge in [-0.2, -0.15) is 10.2 Å². The van der Waals surface area contributed by atoms with Crippen LogP contribution >= 0.6 is 0 Å². The van der Waals surface area contributed by atoms with Gasteiger partial charge in [0.1, 0.15) is 11.6 Å². The highest BCUT2D eigenvalue weighted by Gasteiger charge is 2.65. The smallest absolute Gasteiger partial charge is 0.219 e. The summed E-state index contributed by atoms with van der Waals surface area (Å²) in [6, 6.07) is 7.49. The second kappa shape index (κ2) is 8.22. The molecule has 0 saturated heterocycles. The van der Waals surface area contributed by atoms with Gasteiger partial charge in [-0.3, -0.25) is 9.48 Å². The maximum atomic E-state index is 14.5. The quantitative estimate of drug-likeness (QED) is 0.425. The van der Waals surface area contributed by atoms with E-state index >= 15 is 0 Å². The van der Waals surface area contributed by atoms with Crippen molar-refractivity contribution in [1.82, 2.24) is 29.9 Å². The molecule has 1 fully saturated rings. The van der Waals surface area contributed by atoms with Gasteiger partial charge in [0.05, 0.1) is 39.8 Å². The van der Waals surface area contributed by atoms with E-state index in [1.165, 1.54) is 18.2 Å². The van der Waals surface area contributed by atoms with E-state index in [0.717, 1.165) is 35.4 Å². The third-order valence-corrected chi connectivity index (χ3v) is 8.17. The number of fused-ring (bicyclic) bond motifs is 5. The number of amides is 1. The highest BCUT2D eigenvalue weighted by molar-refractivity contribution is 5.73. The zero-order valence-corrected chi connectivity index (χ0v) is 20.4. The summed E-state index contributed by atoms with van der Waals surface area (Å²) < 4.78 is 30.7. The maximum absolute atomic E-state index is 14.5. The molecule has 8 nitrogen and oxygen atoms in total. The number of halogens is 2. The molecule has 1 aromatic carbocycles. The molecule has 0 spiro atoms. The van der Waals surface area contributed by atoms with Gasteiger partial charge in [0.15, 0.2) is 5.82 Å². The minimum Gasteiger partial charge on any atom is -0.370 e. The molecule has 1 saturated carbocycles. The molecule has 2 bridgehead atoms. The number of nitrogens with two attached hydrogens (primary N) is 1. The van der Waals surface area contributed by atoms with Crippen molar-refractivity contribution in [1.29, 1.82) is 0 Å². The van der Waals surface area contributed by atoms with E-state index in [1.807, 2.05) is 6.07 Å². The Bertz CT molecular complexity index is 1530. The third-order valence-electron chi connectivity index (χ3n) is 8.17. The lowest BCUT2D eigenvalue weighted by Crippen LogP contribution is -2.38. The average molecular weight is 502 g/mol. The third kappa shape index (κ3) is 3.38. The van der Waals surface area contributed by atoms with Crippen LogP contribution in [0.15, 0.2) is 48.9 Å². The van der Waals surface area contributed by atoms with Crippen LogP contribution in [0.5, 0.6) is 0 Å². The lowest BCUT2D eigenvalue weighted by molar-refractivity contribution is -0.118. The lowest BCUT2D eigenvalue weighted by Gasteiger charge is -2.37. The predicted octanol–water partition coefficient (Wildman–Crippen LogP) is 4.15. The number of primary amides is 1. The first kappa shape index (κ1) is 23.3. The van der Waals surface area contributed by atoms with Crippen LogP contribution in [-0.2, 0) is 16.8 Å². The standard InChI is InChI=1S/C27H25F2N7O/c1-26(2)17-6-9-27(26,24-16(17)12-20(34-35-24)23-18(28)4-3-5-19(23)29)21-7-10-31-25(33-21)15-13-32-36(14-15)11-8-22(30)37/h3-5,7,10,12-14,17H,6,8-9,11H2,1-2H3,(H2,30,37)/t17-,27-/m0/s1. The van der Waals surface area contributed by atoms with Gasteiger partial charge >= 0.3 is 0 Å². The Morgan fingerprint density at radius 3 is 2.73 bits per heavy atom. The average Bonchev–Trinajstić information content (AvgIpc) is 3.50. The Hall–Kier alpha value is -4.08. The van der Waals surface area contributed by atoms with Crippen molar-refractivity contribution in [3.63, 3.8) is 0 Å². The van der Waals surface area contributed by atoms with E-state index in [0.29, 0.717) is 12.4 Å². The van der Waals surface area contributed by atoms with Crippen molar-refractivity contribution in [2.75, 3.05) is 0 Å². The van der Waals surface area contributed by atoms with Gasteiger partial charge in [0.2, 0.25) is 5.91 Å². The molecule has 3 heterocycles. The van der Waals surface area contributed by atoms with Crippen LogP contribution in [0.3, 0.4) is 0 Å². The van der Waals surface area contributed by atoms with Gasteiger partial charge < -0.3 is 5.73 Å². The topological polar surface area (TPSA) is 112 Å². The van der Waals surface area contributed by atoms with Crippen LogP contribution < -0.4 is 5.73 Å². The number of hydrogen-bond acceptors (Lipinski definition) is 6. The monoisotopic (exact) mass is 501 g/mol. The number of benzene rings is 1. The number of rotatable bonds is 6. The molecule has 188 valence electrons. The van der Waals surface area contributed by atoms with Gasteiger partial charge in [-0.1, -0.05) is 19.9 Å². The fourth-order valence-electron chi connectivity index (χ4n) is 6.32. The Morgan fingerprint density at radius 2 is 1.97 bits per heavy atom. The predicted molar refractivity (Wildman–Crippen MR) is 131 cm³/mol. The molecular weight excluding hydrogens is 476 g/mol. The van der Waals surface area contributed by atoms with Crippen molar-refractivity contribution in [2.24, 2.45) is 11.1 Å². The molecule has 4 aromatic rings. The van der Waals surface area contributed by atoms with E-state index in [1.54, 1.807) is 29.3 Å². The summed E-state index contributed by atoms with van der Waals surface area (Å²) in [5, 5.41) is 13.2. The van der Waals surface area contributed by atoms with Gasteiger partial charge in [-0.15, -0.1) is 5.10 Å². The van der Waals surface area contributed by atoms with Crippen LogP contribution in [0.4, 0.5) is 8.78 Å². The molecular formula is C27H25F2N7O. The molecule has 10 heteroatoms. The van der Waals surface area contributed by atoms with Crippen LogP contribution in [-0.4, -0.2) is 35.9 Å². The van der Waals surface area contributed by atoms with Gasteiger partial charge in [-0.05, 0) is 54.0 Å². The van der Waals surface area contributed by atoms with Crippen molar-refractivity contribution in [3.05, 3.63) is 77.5 Å². The van der Waals surface area contributed by atoms with Gasteiger partial charge in [-0.25, -0.2) is 18.7 Å². The van der Waals surface area contributed by atoms with Gasteiger partial charge in [0.25, 0.3) is 0 Å². The molecule has 2 aliphatic rings. The second-order valence-corrected chi connectivity index (χ2v) is 10.3. The van der Waals surface area contributed by atoms with E-state index in [9.17, 15) is 13.6 Å². The SMILES string of the molecule is CC1(C)[C@H]2CC[C@]1(c1ccnc(-c3cnn(CCC(N)=O)c3)n1)c1nnc(-c3c(F)cccc3F)cc12.